The molecule has 2 unspecified atom stereocenters. The number of rotatable bonds is 6. The summed E-state index contributed by atoms with van der Waals surface area (Å²) in [7, 11) is 0. The molecular formula is C18H26Cl3N3O2. The molecule has 0 aromatic heterocycles. The molecule has 1 saturated carbocycles. The number of carbonyl (C=O) groups excluding carboxylic acids is 2. The zero-order valence-corrected chi connectivity index (χ0v) is 17.2. The lowest BCUT2D eigenvalue weighted by atomic mass is 9.85. The van der Waals surface area contributed by atoms with E-state index < -0.39 is 0 Å². The Kier molecular flexibility index (Phi) is 9.72. The number of halogens is 3. The predicted octanol–water partition coefficient (Wildman–Crippen LogP) is 4.11. The van der Waals surface area contributed by atoms with Gasteiger partial charge in [-0.3, -0.25) is 9.59 Å². The molecule has 1 aliphatic carbocycles. The highest BCUT2D eigenvalue weighted by molar-refractivity contribution is 6.35. The molecule has 0 radical (unpaired) electrons. The molecule has 0 saturated heterocycles. The molecule has 2 atom stereocenters. The van der Waals surface area contributed by atoms with Gasteiger partial charge in [-0.1, -0.05) is 36.5 Å². The summed E-state index contributed by atoms with van der Waals surface area (Å²) in [6.45, 7) is 2.53. The number of hydrogen-bond acceptors (Lipinski definition) is 3. The van der Waals surface area contributed by atoms with E-state index >= 15 is 0 Å². The number of amides is 2. The minimum atomic E-state index is -0.286. The molecule has 0 bridgehead atoms. The van der Waals surface area contributed by atoms with Gasteiger partial charge in [0.15, 0.2) is 0 Å². The summed E-state index contributed by atoms with van der Waals surface area (Å²) in [6.07, 6.45) is 4.25. The molecular weight excluding hydrogens is 397 g/mol. The number of anilines is 1. The summed E-state index contributed by atoms with van der Waals surface area (Å²) in [6, 6.07) is 4.94. The number of nitrogens with zero attached hydrogens (tertiary/aromatic N) is 1. The highest BCUT2D eigenvalue weighted by Crippen LogP contribution is 2.26. The normalized spacial score (nSPS) is 19.4. The van der Waals surface area contributed by atoms with Gasteiger partial charge in [-0.25, -0.2) is 0 Å². The molecule has 1 fully saturated rings. The van der Waals surface area contributed by atoms with Crippen LogP contribution in [0, 0.1) is 5.92 Å². The van der Waals surface area contributed by atoms with Crippen molar-refractivity contribution in [3.05, 3.63) is 28.2 Å². The van der Waals surface area contributed by atoms with Crippen LogP contribution in [0.3, 0.4) is 0 Å². The maximum atomic E-state index is 12.8. The molecule has 0 spiro atoms. The fraction of sp³-hybridized carbons (Fsp3) is 0.556. The molecule has 5 nitrogen and oxygen atoms in total. The summed E-state index contributed by atoms with van der Waals surface area (Å²) >= 11 is 12.0. The second-order valence-corrected chi connectivity index (χ2v) is 7.40. The van der Waals surface area contributed by atoms with E-state index in [-0.39, 0.29) is 42.7 Å². The largest absolute Gasteiger partial charge is 0.333 e. The van der Waals surface area contributed by atoms with Gasteiger partial charge in [0.1, 0.15) is 0 Å². The summed E-state index contributed by atoms with van der Waals surface area (Å²) in [5, 5.41) is 3.62. The lowest BCUT2D eigenvalue weighted by molar-refractivity contribution is -0.139. The molecule has 3 N–H and O–H groups in total. The number of nitrogens with one attached hydrogen (secondary N) is 1. The van der Waals surface area contributed by atoms with Crippen LogP contribution in [0.1, 0.15) is 39.0 Å². The first-order valence-electron chi connectivity index (χ1n) is 8.70. The third-order valence-electron chi connectivity index (χ3n) is 4.41. The maximum Gasteiger partial charge on any atom is 0.244 e. The van der Waals surface area contributed by atoms with Gasteiger partial charge in [0.2, 0.25) is 11.8 Å². The second kappa shape index (κ2) is 11.0. The van der Waals surface area contributed by atoms with Crippen LogP contribution >= 0.6 is 35.6 Å². The predicted molar refractivity (Wildman–Crippen MR) is 109 cm³/mol. The topological polar surface area (TPSA) is 75.4 Å². The van der Waals surface area contributed by atoms with Crippen molar-refractivity contribution in [1.82, 2.24) is 4.90 Å². The number of nitrogens with two attached hydrogens (primary N) is 1. The average Bonchev–Trinajstić information content (AvgIpc) is 2.57. The van der Waals surface area contributed by atoms with Crippen LogP contribution < -0.4 is 11.1 Å². The van der Waals surface area contributed by atoms with Gasteiger partial charge in [-0.15, -0.1) is 12.4 Å². The molecule has 1 aromatic carbocycles. The maximum absolute atomic E-state index is 12.8. The first kappa shape index (κ1) is 23.0. The van der Waals surface area contributed by atoms with Crippen LogP contribution in [0.5, 0.6) is 0 Å². The van der Waals surface area contributed by atoms with E-state index in [0.717, 1.165) is 25.7 Å². The molecule has 26 heavy (non-hydrogen) atoms. The Balaban J connectivity index is 0.00000338. The highest BCUT2D eigenvalue weighted by Gasteiger charge is 2.29. The SMILES string of the molecule is CCCN(CC(=O)Nc1cc(Cl)ccc1Cl)C(=O)C1CCCC(N)C1.Cl. The molecule has 8 heteroatoms. The van der Waals surface area contributed by atoms with Crippen LogP contribution in [0.25, 0.3) is 0 Å². The smallest absolute Gasteiger partial charge is 0.244 e. The van der Waals surface area contributed by atoms with E-state index in [1.54, 1.807) is 23.1 Å². The Morgan fingerprint density at radius 3 is 2.69 bits per heavy atom. The fourth-order valence-electron chi connectivity index (χ4n) is 3.20. The van der Waals surface area contributed by atoms with Crippen LogP contribution in [0.2, 0.25) is 10.0 Å². The Hall–Kier alpha value is -1.01. The van der Waals surface area contributed by atoms with Gasteiger partial charge in [0.05, 0.1) is 17.3 Å². The first-order chi connectivity index (χ1) is 11.9. The van der Waals surface area contributed by atoms with Crippen molar-refractivity contribution in [3.8, 4) is 0 Å². The summed E-state index contributed by atoms with van der Waals surface area (Å²) in [5.74, 6) is -0.353. The van der Waals surface area contributed by atoms with Crippen molar-refractivity contribution in [2.45, 2.75) is 45.1 Å². The molecule has 0 heterocycles. The van der Waals surface area contributed by atoms with Crippen molar-refractivity contribution >= 4 is 53.1 Å². The molecule has 2 amide bonds. The lowest BCUT2D eigenvalue weighted by Gasteiger charge is -2.31. The molecule has 1 aliphatic rings. The first-order valence-corrected chi connectivity index (χ1v) is 9.45. The third-order valence-corrected chi connectivity index (χ3v) is 4.97. The van der Waals surface area contributed by atoms with E-state index in [9.17, 15) is 9.59 Å². The van der Waals surface area contributed by atoms with Gasteiger partial charge >= 0.3 is 0 Å². The average molecular weight is 423 g/mol. The van der Waals surface area contributed by atoms with Crippen LogP contribution in [-0.2, 0) is 9.59 Å². The fourth-order valence-corrected chi connectivity index (χ4v) is 3.54. The Morgan fingerprint density at radius 1 is 1.31 bits per heavy atom. The van der Waals surface area contributed by atoms with Crippen molar-refractivity contribution in [2.75, 3.05) is 18.4 Å². The van der Waals surface area contributed by atoms with E-state index in [4.69, 9.17) is 28.9 Å². The molecule has 1 aromatic rings. The Bertz CT molecular complexity index is 628. The van der Waals surface area contributed by atoms with E-state index in [2.05, 4.69) is 5.32 Å². The van der Waals surface area contributed by atoms with E-state index in [0.29, 0.717) is 28.7 Å². The summed E-state index contributed by atoms with van der Waals surface area (Å²) in [5.41, 5.74) is 6.44. The van der Waals surface area contributed by atoms with Crippen molar-refractivity contribution in [2.24, 2.45) is 11.7 Å². The third kappa shape index (κ3) is 6.62. The van der Waals surface area contributed by atoms with Gasteiger partial charge in [-0.2, -0.15) is 0 Å². The number of hydrogen-bond donors (Lipinski definition) is 2. The molecule has 146 valence electrons. The molecule has 2 rings (SSSR count). The van der Waals surface area contributed by atoms with Gasteiger partial charge in [0.25, 0.3) is 0 Å². The minimum absolute atomic E-state index is 0. The highest BCUT2D eigenvalue weighted by atomic mass is 35.5. The monoisotopic (exact) mass is 421 g/mol. The van der Waals surface area contributed by atoms with Crippen molar-refractivity contribution in [3.63, 3.8) is 0 Å². The van der Waals surface area contributed by atoms with Gasteiger partial charge in [-0.05, 0) is 43.9 Å². The van der Waals surface area contributed by atoms with Crippen LogP contribution in [0.15, 0.2) is 18.2 Å². The zero-order chi connectivity index (χ0) is 18.4. The van der Waals surface area contributed by atoms with E-state index in [1.165, 1.54) is 0 Å². The van der Waals surface area contributed by atoms with Gasteiger partial charge in [0, 0.05) is 23.5 Å². The second-order valence-electron chi connectivity index (χ2n) is 6.56. The minimum Gasteiger partial charge on any atom is -0.333 e. The number of carbonyl (C=O) groups is 2. The Morgan fingerprint density at radius 2 is 2.04 bits per heavy atom. The van der Waals surface area contributed by atoms with Crippen molar-refractivity contribution < 1.29 is 9.59 Å². The quantitative estimate of drug-likeness (QED) is 0.724. The van der Waals surface area contributed by atoms with Crippen molar-refractivity contribution in [1.29, 1.82) is 0 Å². The summed E-state index contributed by atoms with van der Waals surface area (Å²) < 4.78 is 0. The van der Waals surface area contributed by atoms with Crippen LogP contribution in [0.4, 0.5) is 5.69 Å². The Labute approximate surface area is 171 Å². The molecule has 0 aliphatic heterocycles. The standard InChI is InChI=1S/C18H25Cl2N3O2.ClH/c1-2-8-23(18(25)12-4-3-5-14(21)9-12)11-17(24)22-16-10-13(19)6-7-15(16)20;/h6-7,10,12,14H,2-5,8-9,11,21H2,1H3,(H,22,24);1H. The van der Waals surface area contributed by atoms with Gasteiger partial charge < -0.3 is 16.0 Å². The zero-order valence-electron chi connectivity index (χ0n) is 14.8. The van der Waals surface area contributed by atoms with E-state index in [1.807, 2.05) is 6.92 Å². The van der Waals surface area contributed by atoms with Crippen LogP contribution in [-0.4, -0.2) is 35.8 Å². The lowest BCUT2D eigenvalue weighted by Crippen LogP contribution is -2.44. The number of benzene rings is 1. The summed E-state index contributed by atoms with van der Waals surface area (Å²) in [4.78, 5) is 26.8.